The minimum atomic E-state index is -0.152. The predicted molar refractivity (Wildman–Crippen MR) is 137 cm³/mol. The van der Waals surface area contributed by atoms with E-state index in [0.29, 0.717) is 68.3 Å². The Hall–Kier alpha value is -2.93. The van der Waals surface area contributed by atoms with Gasteiger partial charge in [0.05, 0.1) is 38.0 Å². The van der Waals surface area contributed by atoms with Gasteiger partial charge in [0, 0.05) is 17.8 Å². The zero-order chi connectivity index (χ0) is 25.5. The second-order valence-electron chi connectivity index (χ2n) is 9.15. The van der Waals surface area contributed by atoms with Crippen LogP contribution in [0.4, 0.5) is 5.00 Å². The van der Waals surface area contributed by atoms with E-state index >= 15 is 0 Å². The first-order chi connectivity index (χ1) is 17.5. The number of nitrogens with zero attached hydrogens (tertiary/aromatic N) is 2. The van der Waals surface area contributed by atoms with Crippen molar-refractivity contribution >= 4 is 28.2 Å². The molecule has 0 radical (unpaired) electrons. The molecule has 1 aromatic heterocycles. The highest BCUT2D eigenvalue weighted by Gasteiger charge is 2.33. The quantitative estimate of drug-likeness (QED) is 0.434. The number of fused-ring (bicyclic) bond motifs is 1. The summed E-state index contributed by atoms with van der Waals surface area (Å²) < 4.78 is 16.8. The number of amides is 2. The summed E-state index contributed by atoms with van der Waals surface area (Å²) in [6, 6.07) is 9.95. The number of carbonyl (C=O) groups excluding carboxylic acids is 2. The van der Waals surface area contributed by atoms with Gasteiger partial charge in [0.1, 0.15) is 23.4 Å². The molecule has 1 N–H and O–H groups in total. The number of nitriles is 1. The maximum absolute atomic E-state index is 12.7. The molecular formula is C27H33N3O5S. The Morgan fingerprint density at radius 3 is 2.83 bits per heavy atom. The van der Waals surface area contributed by atoms with Crippen LogP contribution in [0.1, 0.15) is 48.3 Å². The van der Waals surface area contributed by atoms with Crippen LogP contribution in [-0.2, 0) is 38.4 Å². The Balaban J connectivity index is 1.28. The molecule has 0 bridgehead atoms. The van der Waals surface area contributed by atoms with Crippen LogP contribution in [0.5, 0.6) is 5.75 Å². The molecule has 1 saturated carbocycles. The summed E-state index contributed by atoms with van der Waals surface area (Å²) in [5.74, 6) is 1.19. The average Bonchev–Trinajstić information content (AvgIpc) is 3.47. The van der Waals surface area contributed by atoms with E-state index < -0.39 is 0 Å². The van der Waals surface area contributed by atoms with E-state index in [1.807, 2.05) is 31.2 Å². The number of thiophene rings is 1. The predicted octanol–water partition coefficient (Wildman–Crippen LogP) is 3.92. The van der Waals surface area contributed by atoms with Gasteiger partial charge in [0.25, 0.3) is 0 Å². The molecule has 2 aromatic rings. The van der Waals surface area contributed by atoms with Crippen molar-refractivity contribution in [1.29, 1.82) is 5.26 Å². The lowest BCUT2D eigenvalue weighted by Gasteiger charge is -2.26. The number of anilines is 1. The van der Waals surface area contributed by atoms with Gasteiger partial charge in [0.2, 0.25) is 11.8 Å². The lowest BCUT2D eigenvalue weighted by atomic mass is 10.0. The first kappa shape index (κ1) is 26.1. The Morgan fingerprint density at radius 2 is 2.08 bits per heavy atom. The Morgan fingerprint density at radius 1 is 1.28 bits per heavy atom. The van der Waals surface area contributed by atoms with Crippen LogP contribution in [-0.4, -0.2) is 55.8 Å². The Labute approximate surface area is 216 Å². The zero-order valence-electron chi connectivity index (χ0n) is 20.9. The van der Waals surface area contributed by atoms with Crippen molar-refractivity contribution in [3.63, 3.8) is 0 Å². The summed E-state index contributed by atoms with van der Waals surface area (Å²) in [7, 11) is 0. The highest BCUT2D eigenvalue weighted by molar-refractivity contribution is 7.16. The Kier molecular flexibility index (Phi) is 8.97. The number of rotatable bonds is 12. The number of hydrogen-bond acceptors (Lipinski definition) is 7. The summed E-state index contributed by atoms with van der Waals surface area (Å²) >= 11 is 1.38. The standard InChI is InChI=1S/C27H33N3O5S/c1-3-34-22-7-5-4-6-19(22)8-9-25(31)29-27-21(15-28)20-10-11-30(16-24(20)36-27)26(32)17-33-12-13-35-23-14-18(23)2/h4-7,18,23H,3,8-14,16-17H2,1-2H3,(H,29,31). The van der Waals surface area contributed by atoms with Crippen LogP contribution in [0.3, 0.4) is 0 Å². The zero-order valence-corrected chi connectivity index (χ0v) is 21.7. The highest BCUT2D eigenvalue weighted by atomic mass is 32.1. The van der Waals surface area contributed by atoms with Crippen molar-refractivity contribution in [2.75, 3.05) is 38.3 Å². The number of ether oxygens (including phenoxy) is 3. The van der Waals surface area contributed by atoms with Gasteiger partial charge in [-0.25, -0.2) is 0 Å². The lowest BCUT2D eigenvalue weighted by molar-refractivity contribution is -0.137. The Bertz CT molecular complexity index is 1130. The number of aryl methyl sites for hydroxylation is 1. The van der Waals surface area contributed by atoms with Gasteiger partial charge in [-0.3, -0.25) is 9.59 Å². The van der Waals surface area contributed by atoms with Gasteiger partial charge >= 0.3 is 0 Å². The molecule has 36 heavy (non-hydrogen) atoms. The molecule has 2 amide bonds. The third kappa shape index (κ3) is 6.64. The summed E-state index contributed by atoms with van der Waals surface area (Å²) in [5.41, 5.74) is 2.41. The fourth-order valence-corrected chi connectivity index (χ4v) is 5.53. The smallest absolute Gasteiger partial charge is 0.248 e. The maximum Gasteiger partial charge on any atom is 0.248 e. The molecule has 1 aliphatic heterocycles. The number of hydrogen-bond donors (Lipinski definition) is 1. The first-order valence-electron chi connectivity index (χ1n) is 12.5. The second kappa shape index (κ2) is 12.3. The molecule has 2 aliphatic rings. The fourth-order valence-electron chi connectivity index (χ4n) is 4.30. The second-order valence-corrected chi connectivity index (χ2v) is 10.3. The molecule has 192 valence electrons. The highest BCUT2D eigenvalue weighted by Crippen LogP contribution is 2.37. The van der Waals surface area contributed by atoms with Gasteiger partial charge in [-0.1, -0.05) is 25.1 Å². The van der Waals surface area contributed by atoms with E-state index in [9.17, 15) is 14.9 Å². The van der Waals surface area contributed by atoms with Crippen LogP contribution in [0, 0.1) is 17.2 Å². The molecule has 9 heteroatoms. The van der Waals surface area contributed by atoms with Crippen molar-refractivity contribution < 1.29 is 23.8 Å². The summed E-state index contributed by atoms with van der Waals surface area (Å²) in [4.78, 5) is 28.0. The fraction of sp³-hybridized carbons (Fsp3) is 0.519. The van der Waals surface area contributed by atoms with E-state index in [2.05, 4.69) is 18.3 Å². The minimum absolute atomic E-state index is 0.0161. The largest absolute Gasteiger partial charge is 0.494 e. The monoisotopic (exact) mass is 511 g/mol. The number of para-hydroxylation sites is 1. The van der Waals surface area contributed by atoms with Gasteiger partial charge in [-0.05, 0) is 49.3 Å². The van der Waals surface area contributed by atoms with Gasteiger partial charge in [0.15, 0.2) is 0 Å². The molecular weight excluding hydrogens is 478 g/mol. The van der Waals surface area contributed by atoms with E-state index in [1.165, 1.54) is 11.3 Å². The number of nitrogens with one attached hydrogen (secondary N) is 1. The van der Waals surface area contributed by atoms with Crippen LogP contribution < -0.4 is 10.1 Å². The molecule has 4 rings (SSSR count). The number of carbonyl (C=O) groups is 2. The molecule has 2 atom stereocenters. The molecule has 1 fully saturated rings. The molecule has 0 saturated heterocycles. The summed E-state index contributed by atoms with van der Waals surface area (Å²) in [6.07, 6.45) is 2.86. The summed E-state index contributed by atoms with van der Waals surface area (Å²) in [5, 5.41) is 13.2. The maximum atomic E-state index is 12.7. The molecule has 2 heterocycles. The normalized spacial score (nSPS) is 18.3. The summed E-state index contributed by atoms with van der Waals surface area (Å²) in [6.45, 7) is 6.51. The van der Waals surface area contributed by atoms with Crippen molar-refractivity contribution in [2.45, 2.75) is 52.2 Å². The average molecular weight is 512 g/mol. The lowest BCUT2D eigenvalue weighted by Crippen LogP contribution is -2.38. The SMILES string of the molecule is CCOc1ccccc1CCC(=O)Nc1sc2c(c1C#N)CCN(C(=O)COCCOC1CC1C)C2. The molecule has 0 spiro atoms. The van der Waals surface area contributed by atoms with Crippen LogP contribution in [0.2, 0.25) is 0 Å². The molecule has 1 aromatic carbocycles. The van der Waals surface area contributed by atoms with Crippen LogP contribution in [0.15, 0.2) is 24.3 Å². The van der Waals surface area contributed by atoms with Crippen LogP contribution >= 0.6 is 11.3 Å². The van der Waals surface area contributed by atoms with E-state index in [4.69, 9.17) is 14.2 Å². The van der Waals surface area contributed by atoms with Crippen molar-refractivity contribution in [2.24, 2.45) is 5.92 Å². The number of benzene rings is 1. The van der Waals surface area contributed by atoms with E-state index in [-0.39, 0.29) is 24.8 Å². The van der Waals surface area contributed by atoms with Crippen LogP contribution in [0.25, 0.3) is 0 Å². The van der Waals surface area contributed by atoms with Gasteiger partial charge in [-0.15, -0.1) is 11.3 Å². The molecule has 8 nitrogen and oxygen atoms in total. The third-order valence-corrected chi connectivity index (χ3v) is 7.62. The third-order valence-electron chi connectivity index (χ3n) is 6.49. The van der Waals surface area contributed by atoms with E-state index in [0.717, 1.165) is 28.2 Å². The van der Waals surface area contributed by atoms with E-state index in [1.54, 1.807) is 4.90 Å². The van der Waals surface area contributed by atoms with Gasteiger partial charge in [-0.2, -0.15) is 5.26 Å². The van der Waals surface area contributed by atoms with Crippen molar-refractivity contribution in [3.8, 4) is 11.8 Å². The molecule has 2 unspecified atom stereocenters. The first-order valence-corrected chi connectivity index (χ1v) is 13.3. The van der Waals surface area contributed by atoms with Gasteiger partial charge < -0.3 is 24.4 Å². The van der Waals surface area contributed by atoms with Crippen molar-refractivity contribution in [3.05, 3.63) is 45.8 Å². The topological polar surface area (TPSA) is 101 Å². The van der Waals surface area contributed by atoms with Crippen molar-refractivity contribution in [1.82, 2.24) is 4.90 Å². The minimum Gasteiger partial charge on any atom is -0.494 e. The molecule has 1 aliphatic carbocycles.